The summed E-state index contributed by atoms with van der Waals surface area (Å²) in [5, 5.41) is 6.18. The third-order valence-electron chi connectivity index (χ3n) is 2.52. The largest absolute Gasteiger partial charge is 0.384 e. The van der Waals surface area contributed by atoms with Crippen molar-refractivity contribution in [3.05, 3.63) is 48.0 Å². The smallest absolute Gasteiger partial charge is 0.146 e. The van der Waals surface area contributed by atoms with Crippen LogP contribution in [0.4, 0.5) is 21.5 Å². The Morgan fingerprint density at radius 2 is 1.94 bits per heavy atom. The highest BCUT2D eigenvalue weighted by atomic mass is 19.1. The predicted octanol–water partition coefficient (Wildman–Crippen LogP) is 3.70. The van der Waals surface area contributed by atoms with Crippen LogP contribution < -0.4 is 10.6 Å². The Hall–Kier alpha value is -2.10. The molecule has 2 aromatic rings. The lowest BCUT2D eigenvalue weighted by Crippen LogP contribution is -1.99. The highest BCUT2D eigenvalue weighted by Crippen LogP contribution is 2.22. The van der Waals surface area contributed by atoms with Crippen LogP contribution in [-0.2, 0) is 0 Å². The zero-order valence-electron chi connectivity index (χ0n) is 10.5. The molecule has 1 aromatic carbocycles. The maximum Gasteiger partial charge on any atom is 0.146 e. The van der Waals surface area contributed by atoms with Gasteiger partial charge < -0.3 is 10.6 Å². The van der Waals surface area contributed by atoms with Gasteiger partial charge in [-0.25, -0.2) is 4.39 Å². The molecule has 0 atom stereocenters. The van der Waals surface area contributed by atoms with Gasteiger partial charge in [0.15, 0.2) is 0 Å². The standard InChI is InChI=1S/C14H16FN3/c1-3-17-11-7-12(9-16-8-11)18-14-5-4-10(2)6-13(14)15/h4-9,17-18H,3H2,1-2H3. The van der Waals surface area contributed by atoms with Gasteiger partial charge >= 0.3 is 0 Å². The first kappa shape index (κ1) is 12.4. The van der Waals surface area contributed by atoms with Gasteiger partial charge in [-0.3, -0.25) is 4.98 Å². The number of hydrogen-bond acceptors (Lipinski definition) is 3. The first-order chi connectivity index (χ1) is 8.69. The van der Waals surface area contributed by atoms with Gasteiger partial charge in [0.2, 0.25) is 0 Å². The summed E-state index contributed by atoms with van der Waals surface area (Å²) < 4.78 is 13.7. The molecule has 0 radical (unpaired) electrons. The van der Waals surface area contributed by atoms with Crippen LogP contribution in [0, 0.1) is 12.7 Å². The SMILES string of the molecule is CCNc1cncc(Nc2ccc(C)cc2F)c1. The second kappa shape index (κ2) is 5.49. The van der Waals surface area contributed by atoms with E-state index in [9.17, 15) is 4.39 Å². The van der Waals surface area contributed by atoms with Crippen molar-refractivity contribution in [1.82, 2.24) is 4.98 Å². The zero-order valence-corrected chi connectivity index (χ0v) is 10.5. The summed E-state index contributed by atoms with van der Waals surface area (Å²) in [5.41, 5.74) is 3.03. The maximum absolute atomic E-state index is 13.7. The predicted molar refractivity (Wildman–Crippen MR) is 72.8 cm³/mol. The van der Waals surface area contributed by atoms with Gasteiger partial charge in [-0.2, -0.15) is 0 Å². The Labute approximate surface area is 106 Å². The molecule has 18 heavy (non-hydrogen) atoms. The van der Waals surface area contributed by atoms with E-state index >= 15 is 0 Å². The maximum atomic E-state index is 13.7. The number of nitrogens with zero attached hydrogens (tertiary/aromatic N) is 1. The van der Waals surface area contributed by atoms with E-state index in [4.69, 9.17) is 0 Å². The third kappa shape index (κ3) is 2.97. The number of anilines is 3. The summed E-state index contributed by atoms with van der Waals surface area (Å²) in [4.78, 5) is 4.10. The van der Waals surface area contributed by atoms with Crippen LogP contribution in [0.5, 0.6) is 0 Å². The van der Waals surface area contributed by atoms with Crippen molar-refractivity contribution in [3.8, 4) is 0 Å². The number of halogens is 1. The number of aromatic nitrogens is 1. The first-order valence-corrected chi connectivity index (χ1v) is 5.91. The fraction of sp³-hybridized carbons (Fsp3) is 0.214. The molecule has 1 aromatic heterocycles. The summed E-state index contributed by atoms with van der Waals surface area (Å²) in [6.45, 7) is 4.70. The van der Waals surface area contributed by atoms with Crippen LogP contribution in [0.3, 0.4) is 0 Å². The minimum Gasteiger partial charge on any atom is -0.384 e. The molecule has 0 saturated heterocycles. The number of nitrogens with one attached hydrogen (secondary N) is 2. The van der Waals surface area contributed by atoms with Gasteiger partial charge in [0.05, 0.1) is 29.5 Å². The molecule has 2 rings (SSSR count). The van der Waals surface area contributed by atoms with Crippen LogP contribution >= 0.6 is 0 Å². The average Bonchev–Trinajstić information content (AvgIpc) is 2.34. The summed E-state index contributed by atoms with van der Waals surface area (Å²) in [6.07, 6.45) is 3.40. The lowest BCUT2D eigenvalue weighted by Gasteiger charge is -2.09. The monoisotopic (exact) mass is 245 g/mol. The van der Waals surface area contributed by atoms with E-state index in [1.165, 1.54) is 6.07 Å². The van der Waals surface area contributed by atoms with Crippen LogP contribution in [0.25, 0.3) is 0 Å². The molecule has 0 spiro atoms. The number of rotatable bonds is 4. The normalized spacial score (nSPS) is 10.2. The summed E-state index contributed by atoms with van der Waals surface area (Å²) in [6, 6.07) is 7.00. The molecule has 94 valence electrons. The topological polar surface area (TPSA) is 37.0 Å². The molecule has 0 fully saturated rings. The van der Waals surface area contributed by atoms with E-state index in [-0.39, 0.29) is 5.82 Å². The van der Waals surface area contributed by atoms with Crippen molar-refractivity contribution < 1.29 is 4.39 Å². The van der Waals surface area contributed by atoms with E-state index < -0.39 is 0 Å². The second-order valence-corrected chi connectivity index (χ2v) is 4.10. The summed E-state index contributed by atoms with van der Waals surface area (Å²) in [5.74, 6) is -0.260. The molecular formula is C14H16FN3. The van der Waals surface area contributed by atoms with Gasteiger partial charge in [-0.05, 0) is 37.6 Å². The fourth-order valence-corrected chi connectivity index (χ4v) is 1.69. The summed E-state index contributed by atoms with van der Waals surface area (Å²) >= 11 is 0. The molecule has 0 aliphatic rings. The molecule has 1 heterocycles. The van der Waals surface area contributed by atoms with Gasteiger partial charge in [0, 0.05) is 6.54 Å². The molecule has 0 amide bonds. The van der Waals surface area contributed by atoms with Gasteiger partial charge in [0.1, 0.15) is 5.82 Å². The van der Waals surface area contributed by atoms with Crippen LogP contribution in [0.15, 0.2) is 36.7 Å². The van der Waals surface area contributed by atoms with Crippen molar-refractivity contribution in [2.75, 3.05) is 17.2 Å². The molecule has 3 nitrogen and oxygen atoms in total. The number of aryl methyl sites for hydroxylation is 1. The molecule has 4 heteroatoms. The van der Waals surface area contributed by atoms with Crippen LogP contribution in [-0.4, -0.2) is 11.5 Å². The van der Waals surface area contributed by atoms with E-state index in [1.54, 1.807) is 18.5 Å². The molecule has 0 saturated carbocycles. The average molecular weight is 245 g/mol. The molecule has 0 aliphatic carbocycles. The van der Waals surface area contributed by atoms with Gasteiger partial charge in [-0.1, -0.05) is 6.07 Å². The zero-order chi connectivity index (χ0) is 13.0. The third-order valence-corrected chi connectivity index (χ3v) is 2.52. The minimum absolute atomic E-state index is 0.260. The fourth-order valence-electron chi connectivity index (χ4n) is 1.69. The Morgan fingerprint density at radius 3 is 2.67 bits per heavy atom. The van der Waals surface area contributed by atoms with E-state index in [0.29, 0.717) is 5.69 Å². The Kier molecular flexibility index (Phi) is 3.77. The van der Waals surface area contributed by atoms with E-state index in [2.05, 4.69) is 15.6 Å². The summed E-state index contributed by atoms with van der Waals surface area (Å²) in [7, 11) is 0. The first-order valence-electron chi connectivity index (χ1n) is 5.91. The Morgan fingerprint density at radius 1 is 1.17 bits per heavy atom. The molecular weight excluding hydrogens is 229 g/mol. The van der Waals surface area contributed by atoms with Crippen molar-refractivity contribution in [2.24, 2.45) is 0 Å². The van der Waals surface area contributed by atoms with E-state index in [0.717, 1.165) is 23.5 Å². The van der Waals surface area contributed by atoms with Gasteiger partial charge in [0.25, 0.3) is 0 Å². The number of hydrogen-bond donors (Lipinski definition) is 2. The highest BCUT2D eigenvalue weighted by molar-refractivity contribution is 5.63. The molecule has 0 bridgehead atoms. The van der Waals surface area contributed by atoms with Crippen molar-refractivity contribution in [3.63, 3.8) is 0 Å². The molecule has 0 unspecified atom stereocenters. The lowest BCUT2D eigenvalue weighted by molar-refractivity contribution is 0.630. The Bertz CT molecular complexity index is 540. The number of pyridine rings is 1. The Balaban J connectivity index is 2.20. The minimum atomic E-state index is -0.260. The lowest BCUT2D eigenvalue weighted by atomic mass is 10.2. The quantitative estimate of drug-likeness (QED) is 0.862. The number of benzene rings is 1. The molecule has 2 N–H and O–H groups in total. The van der Waals surface area contributed by atoms with Crippen molar-refractivity contribution >= 4 is 17.1 Å². The molecule has 0 aliphatic heterocycles. The van der Waals surface area contributed by atoms with Crippen LogP contribution in [0.1, 0.15) is 12.5 Å². The van der Waals surface area contributed by atoms with Crippen LogP contribution in [0.2, 0.25) is 0 Å². The van der Waals surface area contributed by atoms with Crippen molar-refractivity contribution in [2.45, 2.75) is 13.8 Å². The highest BCUT2D eigenvalue weighted by Gasteiger charge is 2.03. The van der Waals surface area contributed by atoms with E-state index in [1.807, 2.05) is 26.0 Å². The van der Waals surface area contributed by atoms with Crippen molar-refractivity contribution in [1.29, 1.82) is 0 Å². The van der Waals surface area contributed by atoms with Gasteiger partial charge in [-0.15, -0.1) is 0 Å². The second-order valence-electron chi connectivity index (χ2n) is 4.10.